The van der Waals surface area contributed by atoms with Crippen LogP contribution in [0.4, 0.5) is 5.69 Å². The molecule has 0 bridgehead atoms. The SMILES string of the molecule is Cc1cccc(N2CCN(CCNC(=O)C(C)c3cnc(-c4ccccc4)[nH]3)CC2)c1C. The Morgan fingerprint density at radius 3 is 2.56 bits per heavy atom. The summed E-state index contributed by atoms with van der Waals surface area (Å²) in [4.78, 5) is 25.3. The predicted molar refractivity (Wildman–Crippen MR) is 130 cm³/mol. The van der Waals surface area contributed by atoms with Crippen molar-refractivity contribution in [1.82, 2.24) is 20.2 Å². The molecule has 32 heavy (non-hydrogen) atoms. The molecule has 1 unspecified atom stereocenters. The third-order valence-corrected chi connectivity index (χ3v) is 6.52. The molecule has 6 nitrogen and oxygen atoms in total. The number of hydrogen-bond donors (Lipinski definition) is 2. The van der Waals surface area contributed by atoms with Crippen molar-refractivity contribution >= 4 is 11.6 Å². The highest BCUT2D eigenvalue weighted by molar-refractivity contribution is 5.82. The fourth-order valence-corrected chi connectivity index (χ4v) is 4.22. The van der Waals surface area contributed by atoms with E-state index in [4.69, 9.17) is 0 Å². The first-order valence-corrected chi connectivity index (χ1v) is 11.4. The number of hydrogen-bond acceptors (Lipinski definition) is 4. The van der Waals surface area contributed by atoms with Crippen LogP contribution in [0.15, 0.2) is 54.7 Å². The third kappa shape index (κ3) is 5.02. The van der Waals surface area contributed by atoms with E-state index in [1.807, 2.05) is 37.3 Å². The Balaban J connectivity index is 1.22. The van der Waals surface area contributed by atoms with Gasteiger partial charge in [0, 0.05) is 62.4 Å². The lowest BCUT2D eigenvalue weighted by Crippen LogP contribution is -2.48. The molecule has 1 aliphatic rings. The predicted octanol–water partition coefficient (Wildman–Crippen LogP) is 3.74. The zero-order chi connectivity index (χ0) is 22.5. The van der Waals surface area contributed by atoms with Gasteiger partial charge in [0.05, 0.1) is 5.92 Å². The van der Waals surface area contributed by atoms with Gasteiger partial charge in [-0.1, -0.05) is 42.5 Å². The second-order valence-corrected chi connectivity index (χ2v) is 8.61. The lowest BCUT2D eigenvalue weighted by molar-refractivity contribution is -0.122. The minimum absolute atomic E-state index is 0.0299. The standard InChI is InChI=1S/C26H33N5O/c1-19-8-7-11-24(20(19)2)31-16-14-30(15-17-31)13-12-27-26(32)21(3)23-18-28-25(29-23)22-9-5-4-6-10-22/h4-11,18,21H,12-17H2,1-3H3,(H,27,32)(H,28,29). The molecule has 0 aliphatic carbocycles. The number of aromatic nitrogens is 2. The van der Waals surface area contributed by atoms with E-state index in [-0.39, 0.29) is 11.8 Å². The Hall–Kier alpha value is -3.12. The average molecular weight is 432 g/mol. The minimum atomic E-state index is -0.263. The molecule has 2 aromatic carbocycles. The molecule has 168 valence electrons. The normalized spacial score (nSPS) is 15.5. The second-order valence-electron chi connectivity index (χ2n) is 8.61. The molecule has 1 saturated heterocycles. The molecular formula is C26H33N5O. The monoisotopic (exact) mass is 431 g/mol. The van der Waals surface area contributed by atoms with Crippen molar-refractivity contribution in [2.45, 2.75) is 26.7 Å². The number of benzene rings is 2. The van der Waals surface area contributed by atoms with Gasteiger partial charge >= 0.3 is 0 Å². The maximum absolute atomic E-state index is 12.7. The van der Waals surface area contributed by atoms with E-state index in [2.05, 4.69) is 57.1 Å². The summed E-state index contributed by atoms with van der Waals surface area (Å²) in [6, 6.07) is 16.5. The number of nitrogens with one attached hydrogen (secondary N) is 2. The van der Waals surface area contributed by atoms with Crippen LogP contribution in [0.1, 0.15) is 29.7 Å². The first-order valence-electron chi connectivity index (χ1n) is 11.4. The molecule has 4 rings (SSSR count). The van der Waals surface area contributed by atoms with Crippen LogP contribution in [0.25, 0.3) is 11.4 Å². The Bertz CT molecular complexity index is 1040. The summed E-state index contributed by atoms with van der Waals surface area (Å²) in [6.07, 6.45) is 1.76. The number of nitrogens with zero attached hydrogens (tertiary/aromatic N) is 3. The van der Waals surface area contributed by atoms with E-state index in [0.717, 1.165) is 49.8 Å². The van der Waals surface area contributed by atoms with Gasteiger partial charge in [-0.05, 0) is 38.0 Å². The van der Waals surface area contributed by atoms with Gasteiger partial charge in [0.15, 0.2) is 0 Å². The van der Waals surface area contributed by atoms with Crippen LogP contribution in [0.3, 0.4) is 0 Å². The number of imidazole rings is 1. The van der Waals surface area contributed by atoms with Crippen molar-refractivity contribution in [3.05, 3.63) is 71.5 Å². The molecule has 0 saturated carbocycles. The summed E-state index contributed by atoms with van der Waals surface area (Å²) < 4.78 is 0. The van der Waals surface area contributed by atoms with Gasteiger partial charge in [0.1, 0.15) is 5.82 Å². The van der Waals surface area contributed by atoms with Crippen LogP contribution < -0.4 is 10.2 Å². The molecular weight excluding hydrogens is 398 g/mol. The van der Waals surface area contributed by atoms with Crippen molar-refractivity contribution in [3.63, 3.8) is 0 Å². The van der Waals surface area contributed by atoms with Crippen molar-refractivity contribution in [3.8, 4) is 11.4 Å². The zero-order valence-electron chi connectivity index (χ0n) is 19.3. The third-order valence-electron chi connectivity index (χ3n) is 6.52. The number of amides is 1. The van der Waals surface area contributed by atoms with Gasteiger partial charge in [0.2, 0.25) is 5.91 Å². The molecule has 3 aromatic rings. The number of aromatic amines is 1. The maximum atomic E-state index is 12.7. The molecule has 1 aliphatic heterocycles. The fraction of sp³-hybridized carbons (Fsp3) is 0.385. The summed E-state index contributed by atoms with van der Waals surface area (Å²) in [6.45, 7) is 11.9. The van der Waals surface area contributed by atoms with Gasteiger partial charge in [-0.25, -0.2) is 4.98 Å². The molecule has 1 fully saturated rings. The number of H-pyrrole nitrogens is 1. The average Bonchev–Trinajstić information content (AvgIpc) is 3.32. The molecule has 1 aromatic heterocycles. The molecule has 2 N–H and O–H groups in total. The number of carbonyl (C=O) groups excluding carboxylic acids is 1. The summed E-state index contributed by atoms with van der Waals surface area (Å²) in [7, 11) is 0. The van der Waals surface area contributed by atoms with Crippen LogP contribution in [-0.4, -0.2) is 60.0 Å². The molecule has 0 radical (unpaired) electrons. The van der Waals surface area contributed by atoms with E-state index in [9.17, 15) is 4.79 Å². The van der Waals surface area contributed by atoms with Gasteiger partial charge in [-0.3, -0.25) is 9.69 Å². The summed E-state index contributed by atoms with van der Waals surface area (Å²) in [5.41, 5.74) is 5.92. The highest BCUT2D eigenvalue weighted by Gasteiger charge is 2.20. The molecule has 0 spiro atoms. The molecule has 1 atom stereocenters. The van der Waals surface area contributed by atoms with E-state index < -0.39 is 0 Å². The van der Waals surface area contributed by atoms with Crippen LogP contribution in [0.5, 0.6) is 0 Å². The quantitative estimate of drug-likeness (QED) is 0.598. The zero-order valence-corrected chi connectivity index (χ0v) is 19.3. The Morgan fingerprint density at radius 1 is 1.06 bits per heavy atom. The first-order chi connectivity index (χ1) is 15.5. The minimum Gasteiger partial charge on any atom is -0.369 e. The van der Waals surface area contributed by atoms with E-state index >= 15 is 0 Å². The van der Waals surface area contributed by atoms with Crippen LogP contribution in [0, 0.1) is 13.8 Å². The molecule has 2 heterocycles. The molecule has 6 heteroatoms. The van der Waals surface area contributed by atoms with Gasteiger partial charge in [-0.2, -0.15) is 0 Å². The fourth-order valence-electron chi connectivity index (χ4n) is 4.22. The number of rotatable bonds is 7. The van der Waals surface area contributed by atoms with E-state index in [0.29, 0.717) is 6.54 Å². The molecule has 1 amide bonds. The lowest BCUT2D eigenvalue weighted by Gasteiger charge is -2.37. The van der Waals surface area contributed by atoms with E-state index in [1.54, 1.807) is 6.20 Å². The second kappa shape index (κ2) is 10.0. The van der Waals surface area contributed by atoms with E-state index in [1.165, 1.54) is 16.8 Å². The van der Waals surface area contributed by atoms with Gasteiger partial charge < -0.3 is 15.2 Å². The van der Waals surface area contributed by atoms with Crippen LogP contribution in [-0.2, 0) is 4.79 Å². The van der Waals surface area contributed by atoms with Crippen molar-refractivity contribution in [2.24, 2.45) is 0 Å². The lowest BCUT2D eigenvalue weighted by atomic mass is 10.1. The number of carbonyl (C=O) groups is 1. The van der Waals surface area contributed by atoms with Gasteiger partial charge in [-0.15, -0.1) is 0 Å². The van der Waals surface area contributed by atoms with Crippen LogP contribution >= 0.6 is 0 Å². The number of piperazine rings is 1. The van der Waals surface area contributed by atoms with Crippen molar-refractivity contribution < 1.29 is 4.79 Å². The van der Waals surface area contributed by atoms with Crippen molar-refractivity contribution in [2.75, 3.05) is 44.2 Å². The summed E-state index contributed by atoms with van der Waals surface area (Å²) in [5, 5.41) is 3.09. The highest BCUT2D eigenvalue weighted by Crippen LogP contribution is 2.24. The smallest absolute Gasteiger partial charge is 0.228 e. The number of aryl methyl sites for hydroxylation is 1. The topological polar surface area (TPSA) is 64.3 Å². The van der Waals surface area contributed by atoms with Gasteiger partial charge in [0.25, 0.3) is 0 Å². The summed E-state index contributed by atoms with van der Waals surface area (Å²) in [5.74, 6) is 0.561. The largest absolute Gasteiger partial charge is 0.369 e. The van der Waals surface area contributed by atoms with Crippen molar-refractivity contribution in [1.29, 1.82) is 0 Å². The summed E-state index contributed by atoms with van der Waals surface area (Å²) >= 11 is 0. The maximum Gasteiger partial charge on any atom is 0.228 e. The Morgan fingerprint density at radius 2 is 1.81 bits per heavy atom. The number of anilines is 1. The Labute approximate surface area is 190 Å². The first kappa shape index (κ1) is 22.1. The van der Waals surface area contributed by atoms with Crippen LogP contribution in [0.2, 0.25) is 0 Å². The highest BCUT2D eigenvalue weighted by atomic mass is 16.1. The Kier molecular flexibility index (Phi) is 6.90.